The first-order valence-corrected chi connectivity index (χ1v) is 7.58. The molecular weight excluding hydrogens is 260 g/mol. The Kier molecular flexibility index (Phi) is 5.61. The van der Waals surface area contributed by atoms with Crippen LogP contribution >= 0.6 is 0 Å². The van der Waals surface area contributed by atoms with E-state index in [9.17, 15) is 0 Å². The van der Waals surface area contributed by atoms with Crippen LogP contribution < -0.4 is 10.1 Å². The van der Waals surface area contributed by atoms with Gasteiger partial charge in [-0.25, -0.2) is 4.98 Å². The van der Waals surface area contributed by atoms with Gasteiger partial charge in [-0.1, -0.05) is 13.0 Å². The lowest BCUT2D eigenvalue weighted by Gasteiger charge is -2.10. The Morgan fingerprint density at radius 1 is 1.14 bits per heavy atom. The van der Waals surface area contributed by atoms with E-state index in [1.165, 1.54) is 16.7 Å². The number of nitrogens with one attached hydrogen (secondary N) is 1. The summed E-state index contributed by atoms with van der Waals surface area (Å²) in [6.45, 7) is 7.95. The SMILES string of the molecule is CCc1ccc(OCCCNc2cc(C)ccn2)cc1C. The van der Waals surface area contributed by atoms with E-state index in [0.29, 0.717) is 6.61 Å². The minimum atomic E-state index is 0.712. The van der Waals surface area contributed by atoms with Gasteiger partial charge in [0.1, 0.15) is 11.6 Å². The summed E-state index contributed by atoms with van der Waals surface area (Å²) in [6.07, 6.45) is 3.84. The van der Waals surface area contributed by atoms with Crippen LogP contribution in [0.15, 0.2) is 36.5 Å². The van der Waals surface area contributed by atoms with Crippen molar-refractivity contribution in [2.45, 2.75) is 33.6 Å². The lowest BCUT2D eigenvalue weighted by Crippen LogP contribution is -2.08. The molecule has 3 nitrogen and oxygen atoms in total. The highest BCUT2D eigenvalue weighted by atomic mass is 16.5. The van der Waals surface area contributed by atoms with E-state index < -0.39 is 0 Å². The fraction of sp³-hybridized carbons (Fsp3) is 0.389. The average molecular weight is 284 g/mol. The van der Waals surface area contributed by atoms with Crippen LogP contribution in [-0.4, -0.2) is 18.1 Å². The number of aryl methyl sites for hydroxylation is 3. The van der Waals surface area contributed by atoms with Crippen LogP contribution in [0.5, 0.6) is 5.75 Å². The molecule has 1 aromatic carbocycles. The summed E-state index contributed by atoms with van der Waals surface area (Å²) in [5.41, 5.74) is 3.90. The van der Waals surface area contributed by atoms with Crippen LogP contribution in [0.2, 0.25) is 0 Å². The molecule has 112 valence electrons. The molecule has 0 aliphatic rings. The third-order valence-electron chi connectivity index (χ3n) is 3.51. The zero-order valence-corrected chi connectivity index (χ0v) is 13.1. The predicted molar refractivity (Wildman–Crippen MR) is 88.1 cm³/mol. The number of rotatable bonds is 7. The van der Waals surface area contributed by atoms with Gasteiger partial charge in [-0.15, -0.1) is 0 Å². The summed E-state index contributed by atoms with van der Waals surface area (Å²) >= 11 is 0. The lowest BCUT2D eigenvalue weighted by atomic mass is 10.1. The molecule has 0 saturated heterocycles. The van der Waals surface area contributed by atoms with Gasteiger partial charge in [0, 0.05) is 12.7 Å². The molecule has 1 aromatic heterocycles. The lowest BCUT2D eigenvalue weighted by molar-refractivity contribution is 0.314. The number of pyridine rings is 1. The van der Waals surface area contributed by atoms with E-state index in [4.69, 9.17) is 4.74 Å². The number of hydrogen-bond donors (Lipinski definition) is 1. The quantitative estimate of drug-likeness (QED) is 0.776. The highest BCUT2D eigenvalue weighted by Gasteiger charge is 1.99. The number of benzene rings is 1. The summed E-state index contributed by atoms with van der Waals surface area (Å²) in [5, 5.41) is 3.31. The van der Waals surface area contributed by atoms with Crippen molar-refractivity contribution in [3.8, 4) is 5.75 Å². The maximum absolute atomic E-state index is 5.79. The topological polar surface area (TPSA) is 34.1 Å². The molecule has 0 radical (unpaired) electrons. The second-order valence-corrected chi connectivity index (χ2v) is 5.29. The third-order valence-corrected chi connectivity index (χ3v) is 3.51. The standard InChI is InChI=1S/C18H24N2O/c1-4-16-6-7-17(13-15(16)3)21-11-5-9-19-18-12-14(2)8-10-20-18/h6-8,10,12-13H,4-5,9,11H2,1-3H3,(H,19,20). The number of hydrogen-bond acceptors (Lipinski definition) is 3. The monoisotopic (exact) mass is 284 g/mol. The van der Waals surface area contributed by atoms with E-state index in [1.807, 2.05) is 18.3 Å². The maximum Gasteiger partial charge on any atom is 0.126 e. The van der Waals surface area contributed by atoms with Crippen molar-refractivity contribution in [1.29, 1.82) is 0 Å². The fourth-order valence-corrected chi connectivity index (χ4v) is 2.27. The predicted octanol–water partition coefficient (Wildman–Crippen LogP) is 4.14. The molecule has 0 amide bonds. The minimum Gasteiger partial charge on any atom is -0.494 e. The molecule has 0 unspecified atom stereocenters. The summed E-state index contributed by atoms with van der Waals surface area (Å²) < 4.78 is 5.79. The molecule has 0 aliphatic carbocycles. The van der Waals surface area contributed by atoms with E-state index in [0.717, 1.165) is 31.0 Å². The van der Waals surface area contributed by atoms with Crippen LogP contribution in [0.1, 0.15) is 30.0 Å². The highest BCUT2D eigenvalue weighted by molar-refractivity contribution is 5.37. The molecule has 2 rings (SSSR count). The molecule has 0 aliphatic heterocycles. The minimum absolute atomic E-state index is 0.712. The van der Waals surface area contributed by atoms with Gasteiger partial charge in [0.25, 0.3) is 0 Å². The Balaban J connectivity index is 1.71. The van der Waals surface area contributed by atoms with Crippen molar-refractivity contribution in [2.24, 2.45) is 0 Å². The van der Waals surface area contributed by atoms with Crippen LogP contribution in [0.25, 0.3) is 0 Å². The van der Waals surface area contributed by atoms with Gasteiger partial charge in [-0.2, -0.15) is 0 Å². The summed E-state index contributed by atoms with van der Waals surface area (Å²) in [7, 11) is 0. The van der Waals surface area contributed by atoms with Crippen molar-refractivity contribution in [1.82, 2.24) is 4.98 Å². The van der Waals surface area contributed by atoms with Gasteiger partial charge < -0.3 is 10.1 Å². The molecule has 21 heavy (non-hydrogen) atoms. The largest absolute Gasteiger partial charge is 0.494 e. The smallest absolute Gasteiger partial charge is 0.126 e. The van der Waals surface area contributed by atoms with Crippen molar-refractivity contribution >= 4 is 5.82 Å². The molecule has 0 bridgehead atoms. The summed E-state index contributed by atoms with van der Waals surface area (Å²) in [4.78, 5) is 4.27. The summed E-state index contributed by atoms with van der Waals surface area (Å²) in [6, 6.07) is 10.4. The zero-order chi connectivity index (χ0) is 15.1. The fourth-order valence-electron chi connectivity index (χ4n) is 2.27. The molecule has 1 N–H and O–H groups in total. The Hall–Kier alpha value is -2.03. The van der Waals surface area contributed by atoms with Gasteiger partial charge in [-0.05, 0) is 67.6 Å². The highest BCUT2D eigenvalue weighted by Crippen LogP contribution is 2.17. The molecule has 0 spiro atoms. The molecule has 3 heteroatoms. The first-order chi connectivity index (χ1) is 10.2. The molecule has 2 aromatic rings. The van der Waals surface area contributed by atoms with E-state index >= 15 is 0 Å². The Labute approximate surface area is 127 Å². The van der Waals surface area contributed by atoms with E-state index in [2.05, 4.69) is 49.3 Å². The van der Waals surface area contributed by atoms with Gasteiger partial charge in [-0.3, -0.25) is 0 Å². The first-order valence-electron chi connectivity index (χ1n) is 7.58. The van der Waals surface area contributed by atoms with Crippen LogP contribution in [0, 0.1) is 13.8 Å². The van der Waals surface area contributed by atoms with E-state index in [-0.39, 0.29) is 0 Å². The second kappa shape index (κ2) is 7.67. The van der Waals surface area contributed by atoms with E-state index in [1.54, 1.807) is 0 Å². The zero-order valence-electron chi connectivity index (χ0n) is 13.1. The van der Waals surface area contributed by atoms with Gasteiger partial charge in [0.2, 0.25) is 0 Å². The number of anilines is 1. The van der Waals surface area contributed by atoms with Crippen LogP contribution in [0.3, 0.4) is 0 Å². The van der Waals surface area contributed by atoms with Crippen molar-refractivity contribution in [2.75, 3.05) is 18.5 Å². The number of aromatic nitrogens is 1. The number of nitrogens with zero attached hydrogens (tertiary/aromatic N) is 1. The van der Waals surface area contributed by atoms with Crippen molar-refractivity contribution in [3.63, 3.8) is 0 Å². The Morgan fingerprint density at radius 3 is 2.71 bits per heavy atom. The molecule has 1 heterocycles. The Bertz CT molecular complexity index is 581. The van der Waals surface area contributed by atoms with Gasteiger partial charge >= 0.3 is 0 Å². The van der Waals surface area contributed by atoms with Crippen molar-refractivity contribution < 1.29 is 4.74 Å². The first kappa shape index (κ1) is 15.4. The molecule has 0 saturated carbocycles. The Morgan fingerprint density at radius 2 is 2.00 bits per heavy atom. The van der Waals surface area contributed by atoms with Gasteiger partial charge in [0.05, 0.1) is 6.61 Å². The third kappa shape index (κ3) is 4.78. The van der Waals surface area contributed by atoms with Crippen LogP contribution in [-0.2, 0) is 6.42 Å². The van der Waals surface area contributed by atoms with Crippen molar-refractivity contribution in [3.05, 3.63) is 53.2 Å². The second-order valence-electron chi connectivity index (χ2n) is 5.29. The molecule has 0 atom stereocenters. The maximum atomic E-state index is 5.79. The molecular formula is C18H24N2O. The summed E-state index contributed by atoms with van der Waals surface area (Å²) in [5.74, 6) is 1.89. The average Bonchev–Trinajstić information content (AvgIpc) is 2.47. The normalized spacial score (nSPS) is 10.4. The molecule has 0 fully saturated rings. The number of ether oxygens (including phenoxy) is 1. The van der Waals surface area contributed by atoms with Crippen LogP contribution in [0.4, 0.5) is 5.82 Å². The van der Waals surface area contributed by atoms with Gasteiger partial charge in [0.15, 0.2) is 0 Å².